The molecule has 2 rings (SSSR count). The molecule has 0 atom stereocenters. The van der Waals surface area contributed by atoms with Gasteiger partial charge in [-0.25, -0.2) is 8.42 Å². The summed E-state index contributed by atoms with van der Waals surface area (Å²) in [6.45, 7) is 1.48. The van der Waals surface area contributed by atoms with Crippen molar-refractivity contribution in [1.29, 1.82) is 0 Å². The molecule has 1 fully saturated rings. The second-order valence-electron chi connectivity index (χ2n) is 4.74. The van der Waals surface area contributed by atoms with Gasteiger partial charge in [0.15, 0.2) is 0 Å². The lowest BCUT2D eigenvalue weighted by molar-refractivity contribution is -0.133. The first-order valence-corrected chi connectivity index (χ1v) is 8.54. The van der Waals surface area contributed by atoms with Crippen LogP contribution in [-0.2, 0) is 31.4 Å². The average Bonchev–Trinajstić information content (AvgIpc) is 2.91. The van der Waals surface area contributed by atoms with Gasteiger partial charge in [-0.05, 0) is 0 Å². The average molecular weight is 348 g/mol. The van der Waals surface area contributed by atoms with Gasteiger partial charge in [0.1, 0.15) is 6.54 Å². The Morgan fingerprint density at radius 1 is 1.48 bits per heavy atom. The predicted molar refractivity (Wildman–Crippen MR) is 81.5 cm³/mol. The summed E-state index contributed by atoms with van der Waals surface area (Å²) in [5.74, 6) is -0.234. The fourth-order valence-electron chi connectivity index (χ4n) is 1.97. The minimum Gasteiger partial charge on any atom is -0.483 e. The Labute approximate surface area is 134 Å². The predicted octanol–water partition coefficient (Wildman–Crippen LogP) is -1.25. The quantitative estimate of drug-likeness (QED) is 0.674. The minimum atomic E-state index is -3.54. The second-order valence-corrected chi connectivity index (χ2v) is 6.65. The SMILES string of the molecule is Cn1cc(N(CC(=O)N2CCOCC2)S(C)(=O)=O)cn1.O=CO. The molecule has 0 bridgehead atoms. The summed E-state index contributed by atoms with van der Waals surface area (Å²) in [5.41, 5.74) is 0.386. The Morgan fingerprint density at radius 2 is 2.04 bits per heavy atom. The topological polar surface area (TPSA) is 122 Å². The monoisotopic (exact) mass is 348 g/mol. The van der Waals surface area contributed by atoms with Crippen molar-refractivity contribution in [2.75, 3.05) is 43.4 Å². The van der Waals surface area contributed by atoms with E-state index >= 15 is 0 Å². The molecule has 1 aromatic rings. The van der Waals surface area contributed by atoms with E-state index in [4.69, 9.17) is 14.6 Å². The van der Waals surface area contributed by atoms with Gasteiger partial charge in [-0.2, -0.15) is 5.10 Å². The number of amides is 1. The fourth-order valence-corrected chi connectivity index (χ4v) is 2.79. The summed E-state index contributed by atoms with van der Waals surface area (Å²) in [6, 6.07) is 0. The number of sulfonamides is 1. The number of aryl methyl sites for hydroxylation is 1. The molecule has 130 valence electrons. The van der Waals surface area contributed by atoms with E-state index in [0.29, 0.717) is 32.0 Å². The number of carbonyl (C=O) groups is 2. The van der Waals surface area contributed by atoms with Crippen LogP contribution in [0.15, 0.2) is 12.4 Å². The molecular formula is C12H20N4O6S. The summed E-state index contributed by atoms with van der Waals surface area (Å²) < 4.78 is 31.4. The highest BCUT2D eigenvalue weighted by Gasteiger charge is 2.25. The minimum absolute atomic E-state index is 0.218. The molecule has 1 amide bonds. The van der Waals surface area contributed by atoms with E-state index in [1.54, 1.807) is 18.1 Å². The van der Waals surface area contributed by atoms with E-state index < -0.39 is 10.0 Å². The third-order valence-electron chi connectivity index (χ3n) is 3.02. The summed E-state index contributed by atoms with van der Waals surface area (Å²) in [4.78, 5) is 22.1. The van der Waals surface area contributed by atoms with Crippen molar-refractivity contribution in [1.82, 2.24) is 14.7 Å². The molecule has 0 spiro atoms. The lowest BCUT2D eigenvalue weighted by atomic mass is 10.4. The van der Waals surface area contributed by atoms with Gasteiger partial charge in [0.2, 0.25) is 15.9 Å². The number of morpholine rings is 1. The third-order valence-corrected chi connectivity index (χ3v) is 4.16. The molecule has 10 nitrogen and oxygen atoms in total. The number of rotatable bonds is 4. The van der Waals surface area contributed by atoms with Crippen LogP contribution in [0.3, 0.4) is 0 Å². The molecule has 1 saturated heterocycles. The molecule has 0 aromatic carbocycles. The standard InChI is InChI=1S/C11H18N4O4S.CH2O2/c1-13-8-10(7-12-13)15(20(2,17)18)9-11(16)14-3-5-19-6-4-14;2-1-3/h7-8H,3-6,9H2,1-2H3;1H,(H,2,3). The summed E-state index contributed by atoms with van der Waals surface area (Å²) in [7, 11) is -1.85. The van der Waals surface area contributed by atoms with Crippen molar-refractivity contribution in [2.45, 2.75) is 0 Å². The van der Waals surface area contributed by atoms with Crippen molar-refractivity contribution in [3.63, 3.8) is 0 Å². The van der Waals surface area contributed by atoms with E-state index in [9.17, 15) is 13.2 Å². The molecule has 11 heteroatoms. The maximum absolute atomic E-state index is 12.2. The summed E-state index contributed by atoms with van der Waals surface area (Å²) >= 11 is 0. The highest BCUT2D eigenvalue weighted by Crippen LogP contribution is 2.16. The van der Waals surface area contributed by atoms with E-state index in [1.807, 2.05) is 0 Å². The number of anilines is 1. The molecule has 1 aliphatic heterocycles. The molecule has 1 N–H and O–H groups in total. The lowest BCUT2D eigenvalue weighted by Gasteiger charge is -2.29. The molecule has 0 unspecified atom stereocenters. The van der Waals surface area contributed by atoms with Crippen molar-refractivity contribution >= 4 is 28.1 Å². The third kappa shape index (κ3) is 5.87. The molecule has 2 heterocycles. The Kier molecular flexibility index (Phi) is 6.97. The van der Waals surface area contributed by atoms with Gasteiger partial charge in [-0.15, -0.1) is 0 Å². The molecule has 0 radical (unpaired) electrons. The second kappa shape index (κ2) is 8.48. The van der Waals surface area contributed by atoms with E-state index in [2.05, 4.69) is 5.10 Å². The van der Waals surface area contributed by atoms with E-state index in [1.165, 1.54) is 10.9 Å². The van der Waals surface area contributed by atoms with Gasteiger partial charge >= 0.3 is 0 Å². The highest BCUT2D eigenvalue weighted by molar-refractivity contribution is 7.92. The molecule has 23 heavy (non-hydrogen) atoms. The van der Waals surface area contributed by atoms with Gasteiger partial charge in [0, 0.05) is 26.3 Å². The van der Waals surface area contributed by atoms with Gasteiger partial charge < -0.3 is 14.7 Å². The van der Waals surface area contributed by atoms with E-state index in [-0.39, 0.29) is 18.9 Å². The number of hydrogen-bond acceptors (Lipinski definition) is 6. The van der Waals surface area contributed by atoms with Crippen molar-refractivity contribution < 1.29 is 27.9 Å². The van der Waals surface area contributed by atoms with Crippen LogP contribution in [-0.4, -0.2) is 79.7 Å². The molecule has 1 aromatic heterocycles. The van der Waals surface area contributed by atoms with Gasteiger partial charge in [0.05, 0.1) is 31.4 Å². The van der Waals surface area contributed by atoms with Crippen LogP contribution in [0, 0.1) is 0 Å². The van der Waals surface area contributed by atoms with Gasteiger partial charge in [0.25, 0.3) is 6.47 Å². The number of carboxylic acid groups (broad SMARTS) is 1. The van der Waals surface area contributed by atoms with Crippen molar-refractivity contribution in [2.24, 2.45) is 7.05 Å². The van der Waals surface area contributed by atoms with Gasteiger partial charge in [-0.3, -0.25) is 18.6 Å². The van der Waals surface area contributed by atoms with Crippen molar-refractivity contribution in [3.05, 3.63) is 12.4 Å². The van der Waals surface area contributed by atoms with Crippen LogP contribution >= 0.6 is 0 Å². The molecule has 1 aliphatic rings. The van der Waals surface area contributed by atoms with Crippen LogP contribution in [0.4, 0.5) is 5.69 Å². The Bertz CT molecular complexity index is 623. The highest BCUT2D eigenvalue weighted by atomic mass is 32.2. The van der Waals surface area contributed by atoms with Gasteiger partial charge in [-0.1, -0.05) is 0 Å². The first-order chi connectivity index (χ1) is 10.8. The normalized spacial score (nSPS) is 14.6. The Hall–Kier alpha value is -2.14. The Balaban J connectivity index is 0.000000816. The maximum atomic E-state index is 12.2. The number of aromatic nitrogens is 2. The lowest BCUT2D eigenvalue weighted by Crippen LogP contribution is -2.47. The first-order valence-electron chi connectivity index (χ1n) is 6.69. The van der Waals surface area contributed by atoms with Crippen LogP contribution in [0.25, 0.3) is 0 Å². The van der Waals surface area contributed by atoms with Crippen LogP contribution < -0.4 is 4.31 Å². The molecule has 0 saturated carbocycles. The fraction of sp³-hybridized carbons (Fsp3) is 0.583. The van der Waals surface area contributed by atoms with Crippen molar-refractivity contribution in [3.8, 4) is 0 Å². The van der Waals surface area contributed by atoms with Crippen LogP contribution in [0.2, 0.25) is 0 Å². The zero-order valence-electron chi connectivity index (χ0n) is 13.0. The molecule has 0 aliphatic carbocycles. The zero-order chi connectivity index (χ0) is 17.5. The summed E-state index contributed by atoms with van der Waals surface area (Å²) in [6.07, 6.45) is 4.06. The summed E-state index contributed by atoms with van der Waals surface area (Å²) in [5, 5.41) is 10.8. The first kappa shape index (κ1) is 18.9. The number of nitrogens with zero attached hydrogens (tertiary/aromatic N) is 4. The van der Waals surface area contributed by atoms with Crippen LogP contribution in [0.5, 0.6) is 0 Å². The Morgan fingerprint density at radius 3 is 2.48 bits per heavy atom. The van der Waals surface area contributed by atoms with Crippen LogP contribution in [0.1, 0.15) is 0 Å². The zero-order valence-corrected chi connectivity index (χ0v) is 13.8. The maximum Gasteiger partial charge on any atom is 0.290 e. The van der Waals surface area contributed by atoms with E-state index in [0.717, 1.165) is 10.6 Å². The smallest absolute Gasteiger partial charge is 0.290 e. The molecular weight excluding hydrogens is 328 g/mol. The number of carbonyl (C=O) groups excluding carboxylic acids is 1. The number of hydrogen-bond donors (Lipinski definition) is 1. The number of ether oxygens (including phenoxy) is 1. The largest absolute Gasteiger partial charge is 0.483 e.